The molecular weight excluding hydrogens is 707 g/mol. The molecule has 0 amide bonds. The normalized spacial score (nSPS) is 13.0. The largest absolute Gasteiger partial charge is 0.456 e. The van der Waals surface area contributed by atoms with Gasteiger partial charge in [-0.15, -0.1) is 0 Å². The van der Waals surface area contributed by atoms with E-state index in [1.807, 2.05) is 18.2 Å². The van der Waals surface area contributed by atoms with Gasteiger partial charge in [-0.2, -0.15) is 0 Å². The van der Waals surface area contributed by atoms with E-state index in [1.165, 1.54) is 33.4 Å². The second-order valence-corrected chi connectivity index (χ2v) is 15.2. The number of fused-ring (bicyclic) bond motifs is 9. The summed E-state index contributed by atoms with van der Waals surface area (Å²) in [6.45, 7) is 0. The van der Waals surface area contributed by atoms with Crippen molar-refractivity contribution in [3.05, 3.63) is 235 Å². The lowest BCUT2D eigenvalue weighted by Crippen LogP contribution is -2.28. The van der Waals surface area contributed by atoms with E-state index in [1.54, 1.807) is 0 Å². The van der Waals surface area contributed by atoms with Crippen LogP contribution >= 0.6 is 0 Å². The van der Waals surface area contributed by atoms with Crippen LogP contribution in [0.1, 0.15) is 22.3 Å². The third kappa shape index (κ3) is 4.68. The van der Waals surface area contributed by atoms with Crippen molar-refractivity contribution >= 4 is 60.9 Å². The second kappa shape index (κ2) is 12.7. The van der Waals surface area contributed by atoms with Crippen molar-refractivity contribution < 1.29 is 8.83 Å². The van der Waals surface area contributed by atoms with Crippen molar-refractivity contribution in [2.24, 2.45) is 0 Å². The lowest BCUT2D eigenvalue weighted by atomic mass is 9.68. The average Bonchev–Trinajstić information content (AvgIpc) is 3.96. The van der Waals surface area contributed by atoms with Gasteiger partial charge in [-0.1, -0.05) is 164 Å². The smallest absolute Gasteiger partial charge is 0.159 e. The first-order valence-electron chi connectivity index (χ1n) is 19.8. The SMILES string of the molecule is c1ccc(C2(c3ccccc3)c3ccccc3-c3c(N(c4ccc(-c5ccc6c(c5)oc5ccccc56)cc4)c4cccc5c4oc4ccccc45)cccc32)cc1. The average molecular weight is 742 g/mol. The summed E-state index contributed by atoms with van der Waals surface area (Å²) in [4.78, 5) is 2.40. The quantitative estimate of drug-likeness (QED) is 0.170. The fourth-order valence-electron chi connectivity index (χ4n) is 9.68. The maximum absolute atomic E-state index is 6.78. The summed E-state index contributed by atoms with van der Waals surface area (Å²) >= 11 is 0. The molecule has 2 aromatic heterocycles. The molecule has 0 spiro atoms. The van der Waals surface area contributed by atoms with Crippen LogP contribution in [0.5, 0.6) is 0 Å². The van der Waals surface area contributed by atoms with Gasteiger partial charge in [-0.05, 0) is 87.5 Å². The van der Waals surface area contributed by atoms with Gasteiger partial charge >= 0.3 is 0 Å². The summed E-state index contributed by atoms with van der Waals surface area (Å²) in [6, 6.07) is 76.3. The van der Waals surface area contributed by atoms with Crippen molar-refractivity contribution in [1.82, 2.24) is 0 Å². The molecule has 2 heterocycles. The molecule has 0 atom stereocenters. The van der Waals surface area contributed by atoms with E-state index >= 15 is 0 Å². The van der Waals surface area contributed by atoms with Crippen LogP contribution in [-0.4, -0.2) is 0 Å². The number of anilines is 3. The maximum Gasteiger partial charge on any atom is 0.159 e. The Morgan fingerprint density at radius 3 is 1.67 bits per heavy atom. The predicted octanol–water partition coefficient (Wildman–Crippen LogP) is 15.0. The predicted molar refractivity (Wildman–Crippen MR) is 238 cm³/mol. The highest BCUT2D eigenvalue weighted by molar-refractivity contribution is 6.11. The first kappa shape index (κ1) is 32.6. The third-order valence-corrected chi connectivity index (χ3v) is 12.2. The number of hydrogen-bond acceptors (Lipinski definition) is 3. The summed E-state index contributed by atoms with van der Waals surface area (Å²) < 4.78 is 13.1. The number of hydrogen-bond donors (Lipinski definition) is 0. The highest BCUT2D eigenvalue weighted by Gasteiger charge is 2.47. The third-order valence-electron chi connectivity index (χ3n) is 12.2. The van der Waals surface area contributed by atoms with Gasteiger partial charge in [-0.3, -0.25) is 0 Å². The van der Waals surface area contributed by atoms with Crippen molar-refractivity contribution in [1.29, 1.82) is 0 Å². The molecule has 0 radical (unpaired) electrons. The van der Waals surface area contributed by atoms with Crippen LogP contribution < -0.4 is 4.90 Å². The van der Waals surface area contributed by atoms with Crippen LogP contribution in [0.2, 0.25) is 0 Å². The fraction of sp³-hybridized carbons (Fsp3) is 0.0182. The molecule has 1 aliphatic rings. The van der Waals surface area contributed by atoms with Crippen LogP contribution in [0.15, 0.2) is 221 Å². The molecule has 3 heteroatoms. The Kier molecular flexibility index (Phi) is 7.14. The zero-order chi connectivity index (χ0) is 38.2. The summed E-state index contributed by atoms with van der Waals surface area (Å²) in [5.74, 6) is 0. The molecule has 0 fully saturated rings. The Morgan fingerprint density at radius 1 is 0.362 bits per heavy atom. The minimum absolute atomic E-state index is 0.527. The van der Waals surface area contributed by atoms with Gasteiger partial charge in [0.2, 0.25) is 0 Å². The van der Waals surface area contributed by atoms with Crippen LogP contribution in [0.3, 0.4) is 0 Å². The molecule has 272 valence electrons. The topological polar surface area (TPSA) is 29.5 Å². The first-order valence-corrected chi connectivity index (χ1v) is 19.8. The van der Waals surface area contributed by atoms with Crippen molar-refractivity contribution in [3.8, 4) is 22.3 Å². The lowest BCUT2D eigenvalue weighted by Gasteiger charge is -2.34. The summed E-state index contributed by atoms with van der Waals surface area (Å²) in [5, 5.41) is 4.45. The number of rotatable bonds is 6. The zero-order valence-corrected chi connectivity index (χ0v) is 31.5. The Hall–Kier alpha value is -7.62. The molecule has 1 aliphatic carbocycles. The van der Waals surface area contributed by atoms with E-state index in [0.717, 1.165) is 72.1 Å². The summed E-state index contributed by atoms with van der Waals surface area (Å²) in [5.41, 5.74) is 15.7. The molecule has 0 N–H and O–H groups in total. The van der Waals surface area contributed by atoms with E-state index in [9.17, 15) is 0 Å². The van der Waals surface area contributed by atoms with Gasteiger partial charge in [0, 0.05) is 32.8 Å². The molecule has 11 aromatic rings. The van der Waals surface area contributed by atoms with Crippen molar-refractivity contribution in [2.45, 2.75) is 5.41 Å². The Morgan fingerprint density at radius 2 is 0.914 bits per heavy atom. The van der Waals surface area contributed by atoms with Gasteiger partial charge in [-0.25, -0.2) is 0 Å². The van der Waals surface area contributed by atoms with Gasteiger partial charge in [0.15, 0.2) is 5.58 Å². The number of nitrogens with zero attached hydrogens (tertiary/aromatic N) is 1. The standard InChI is InChI=1S/C55H35NO2/c1-3-15-38(16-4-1)55(39-17-5-2-6-18-39)46-23-10-7-21-45(46)53-47(55)24-14-25-48(53)56(49-26-13-22-44-42-20-9-12-28-51(42)58-54(44)49)40-32-29-36(30-33-40)37-31-34-43-41-19-8-11-27-50(41)57-52(43)35-37/h1-35H. The lowest BCUT2D eigenvalue weighted by molar-refractivity contribution is 0.668. The highest BCUT2D eigenvalue weighted by atomic mass is 16.3. The van der Waals surface area contributed by atoms with Crippen molar-refractivity contribution in [3.63, 3.8) is 0 Å². The number of benzene rings is 9. The minimum Gasteiger partial charge on any atom is -0.456 e. The molecule has 3 nitrogen and oxygen atoms in total. The van der Waals surface area contributed by atoms with Crippen LogP contribution in [0, 0.1) is 0 Å². The maximum atomic E-state index is 6.78. The Bertz CT molecular complexity index is 3300. The van der Waals surface area contributed by atoms with Gasteiger partial charge in [0.05, 0.1) is 16.8 Å². The van der Waals surface area contributed by atoms with E-state index in [2.05, 4.69) is 199 Å². The summed E-state index contributed by atoms with van der Waals surface area (Å²) in [7, 11) is 0. The molecule has 0 bridgehead atoms. The van der Waals surface area contributed by atoms with E-state index in [0.29, 0.717) is 0 Å². The summed E-state index contributed by atoms with van der Waals surface area (Å²) in [6.07, 6.45) is 0. The second-order valence-electron chi connectivity index (χ2n) is 15.2. The van der Waals surface area contributed by atoms with E-state index < -0.39 is 5.41 Å². The molecule has 58 heavy (non-hydrogen) atoms. The highest BCUT2D eigenvalue weighted by Crippen LogP contribution is 2.59. The zero-order valence-electron chi connectivity index (χ0n) is 31.5. The van der Waals surface area contributed by atoms with E-state index in [-0.39, 0.29) is 0 Å². The molecule has 9 aromatic carbocycles. The Labute approximate surface area is 335 Å². The van der Waals surface area contributed by atoms with Crippen LogP contribution in [0.25, 0.3) is 66.1 Å². The van der Waals surface area contributed by atoms with Gasteiger partial charge in [0.1, 0.15) is 16.7 Å². The van der Waals surface area contributed by atoms with Gasteiger partial charge in [0.25, 0.3) is 0 Å². The molecule has 0 unspecified atom stereocenters. The molecule has 0 saturated heterocycles. The molecule has 0 aliphatic heterocycles. The number of para-hydroxylation sites is 3. The van der Waals surface area contributed by atoms with Crippen LogP contribution in [0.4, 0.5) is 17.1 Å². The minimum atomic E-state index is -0.527. The van der Waals surface area contributed by atoms with Gasteiger partial charge < -0.3 is 13.7 Å². The molecular formula is C55H35NO2. The molecule has 12 rings (SSSR count). The van der Waals surface area contributed by atoms with Crippen LogP contribution in [-0.2, 0) is 5.41 Å². The Balaban J connectivity index is 1.11. The fourth-order valence-corrected chi connectivity index (χ4v) is 9.68. The first-order chi connectivity index (χ1) is 28.8. The van der Waals surface area contributed by atoms with Crippen molar-refractivity contribution in [2.75, 3.05) is 4.90 Å². The van der Waals surface area contributed by atoms with E-state index in [4.69, 9.17) is 8.83 Å². The number of furan rings is 2. The monoisotopic (exact) mass is 741 g/mol. The molecule has 0 saturated carbocycles.